The van der Waals surface area contributed by atoms with Gasteiger partial charge >= 0.3 is 0 Å². The molecular weight excluding hydrogens is 520 g/mol. The van der Waals surface area contributed by atoms with Crippen LogP contribution in [-0.2, 0) is 9.59 Å². The zero-order valence-corrected chi connectivity index (χ0v) is 21.3. The second-order valence-corrected chi connectivity index (χ2v) is 12.3. The molecule has 1 aromatic rings. The van der Waals surface area contributed by atoms with E-state index in [1.54, 1.807) is 0 Å². The molecule has 2 N–H and O–H groups in total. The Morgan fingerprint density at radius 1 is 1.13 bits per heavy atom. The molecule has 3 aliphatic carbocycles. The average Bonchev–Trinajstić information content (AvgIpc) is 3.08. The number of hydrogen-bond acceptors (Lipinski definition) is 3. The number of anilines is 1. The van der Waals surface area contributed by atoms with Gasteiger partial charge in [-0.2, -0.15) is 0 Å². The van der Waals surface area contributed by atoms with Crippen LogP contribution in [0.1, 0.15) is 52.4 Å². The monoisotopic (exact) mass is 548 g/mol. The number of amides is 1. The van der Waals surface area contributed by atoms with Crippen molar-refractivity contribution in [3.05, 3.63) is 38.9 Å². The molecule has 0 bridgehead atoms. The van der Waals surface area contributed by atoms with Crippen molar-refractivity contribution in [3.8, 4) is 0 Å². The molecule has 5 rings (SSSR count). The second-order valence-electron chi connectivity index (χ2n) is 10.5. The van der Waals surface area contributed by atoms with Gasteiger partial charge in [0, 0.05) is 45.0 Å². The van der Waals surface area contributed by atoms with Crippen molar-refractivity contribution in [2.45, 2.75) is 52.4 Å². The number of rotatable bonds is 2. The lowest BCUT2D eigenvalue weighted by Gasteiger charge is -2.58. The lowest BCUT2D eigenvalue weighted by atomic mass is 9.50. The van der Waals surface area contributed by atoms with E-state index in [1.807, 2.05) is 24.3 Å². The number of benzene rings is 1. The van der Waals surface area contributed by atoms with Crippen LogP contribution in [0.2, 0.25) is 0 Å². The van der Waals surface area contributed by atoms with E-state index in [2.05, 4.69) is 56.3 Å². The third kappa shape index (κ3) is 3.43. The zero-order chi connectivity index (χ0) is 22.0. The van der Waals surface area contributed by atoms with Crippen LogP contribution < -0.4 is 10.6 Å². The molecule has 31 heavy (non-hydrogen) atoms. The first-order valence-corrected chi connectivity index (χ1v) is 13.1. The highest BCUT2D eigenvalue weighted by Gasteiger charge is 2.60. The van der Waals surface area contributed by atoms with Gasteiger partial charge in [-0.3, -0.25) is 9.59 Å². The fourth-order valence-electron chi connectivity index (χ4n) is 7.39. The highest BCUT2D eigenvalue weighted by Crippen LogP contribution is 2.64. The fraction of sp³-hybridized carbons (Fsp3) is 0.600. The van der Waals surface area contributed by atoms with E-state index < -0.39 is 0 Å². The predicted molar refractivity (Wildman–Crippen MR) is 129 cm³/mol. The lowest BCUT2D eigenvalue weighted by molar-refractivity contribution is -0.127. The third-order valence-corrected chi connectivity index (χ3v) is 10.3. The largest absolute Gasteiger partial charge is 0.387 e. The van der Waals surface area contributed by atoms with Gasteiger partial charge in [0.15, 0.2) is 5.78 Å². The quantitative estimate of drug-likeness (QED) is 0.471. The number of fused-ring (bicyclic) bond motifs is 5. The summed E-state index contributed by atoms with van der Waals surface area (Å²) in [4.78, 5) is 25.4. The molecule has 1 aliphatic heterocycles. The van der Waals surface area contributed by atoms with Gasteiger partial charge in [0.25, 0.3) is 0 Å². The van der Waals surface area contributed by atoms with E-state index >= 15 is 0 Å². The number of nitrogens with one attached hydrogen (secondary N) is 2. The fourth-order valence-corrected chi connectivity index (χ4v) is 8.10. The molecule has 1 amide bonds. The van der Waals surface area contributed by atoms with Crippen molar-refractivity contribution < 1.29 is 9.59 Å². The summed E-state index contributed by atoms with van der Waals surface area (Å²) >= 11 is 7.07. The predicted octanol–water partition coefficient (Wildman–Crippen LogP) is 6.07. The van der Waals surface area contributed by atoms with E-state index in [4.69, 9.17) is 0 Å². The Morgan fingerprint density at radius 2 is 1.94 bits per heavy atom. The smallest absolute Gasteiger partial charge is 0.228 e. The number of hydrogen-bond donors (Lipinski definition) is 2. The van der Waals surface area contributed by atoms with E-state index in [0.29, 0.717) is 24.2 Å². The van der Waals surface area contributed by atoms with Crippen LogP contribution in [-0.4, -0.2) is 18.2 Å². The maximum absolute atomic E-state index is 13.4. The topological polar surface area (TPSA) is 58.2 Å². The van der Waals surface area contributed by atoms with Crippen molar-refractivity contribution in [2.24, 2.45) is 34.5 Å². The summed E-state index contributed by atoms with van der Waals surface area (Å²) in [6.45, 7) is 5.66. The van der Waals surface area contributed by atoms with Gasteiger partial charge in [-0.1, -0.05) is 29.8 Å². The van der Waals surface area contributed by atoms with E-state index in [-0.39, 0.29) is 28.4 Å². The normalized spacial score (nSPS) is 39.0. The molecule has 4 unspecified atom stereocenters. The van der Waals surface area contributed by atoms with Crippen molar-refractivity contribution in [3.63, 3.8) is 0 Å². The summed E-state index contributed by atoms with van der Waals surface area (Å²) in [6, 6.07) is 5.88. The molecule has 1 heterocycles. The molecule has 0 spiro atoms. The van der Waals surface area contributed by atoms with Crippen LogP contribution in [0.5, 0.6) is 0 Å². The minimum Gasteiger partial charge on any atom is -0.387 e. The summed E-state index contributed by atoms with van der Waals surface area (Å²) < 4.78 is 1.86. The standard InChI is InChI=1S/C25H30Br2N2O2/c1-24-10-8-18-16(13-28-22-12-15(30)7-9-25(18,22)2)17(24)4-5-19(24)23(31)29-21-11-14(26)3-6-20(21)27/h3,6,11-12,16-19,28H,4-5,7-10,13H2,1-2H3,(H,29,31)/t16?,17?,18?,19?,24-,25+/m0/s1. The molecule has 6 atom stereocenters. The van der Waals surface area contributed by atoms with Gasteiger partial charge in [-0.05, 0) is 89.4 Å². The molecule has 6 heteroatoms. The molecular formula is C25H30Br2N2O2. The molecule has 0 aromatic heterocycles. The van der Waals surface area contributed by atoms with Gasteiger partial charge in [0.2, 0.25) is 5.91 Å². The highest BCUT2D eigenvalue weighted by molar-refractivity contribution is 9.11. The Bertz CT molecular complexity index is 976. The third-order valence-electron chi connectivity index (χ3n) is 9.10. The maximum atomic E-state index is 13.4. The second kappa shape index (κ2) is 7.72. The van der Waals surface area contributed by atoms with E-state index in [1.165, 1.54) is 5.70 Å². The summed E-state index contributed by atoms with van der Waals surface area (Å²) in [5, 5.41) is 6.85. The van der Waals surface area contributed by atoms with E-state index in [9.17, 15) is 9.59 Å². The first-order valence-electron chi connectivity index (χ1n) is 11.5. The van der Waals surface area contributed by atoms with Crippen molar-refractivity contribution in [1.82, 2.24) is 5.32 Å². The minimum absolute atomic E-state index is 0.0352. The molecule has 1 aromatic carbocycles. The Hall–Kier alpha value is -1.14. The molecule has 0 radical (unpaired) electrons. The average molecular weight is 550 g/mol. The molecule has 2 saturated carbocycles. The van der Waals surface area contributed by atoms with Crippen molar-refractivity contribution in [1.29, 1.82) is 0 Å². The molecule has 4 nitrogen and oxygen atoms in total. The van der Waals surface area contributed by atoms with Crippen LogP contribution in [0.3, 0.4) is 0 Å². The molecule has 4 aliphatic rings. The van der Waals surface area contributed by atoms with Crippen LogP contribution in [0.25, 0.3) is 0 Å². The highest BCUT2D eigenvalue weighted by atomic mass is 79.9. The summed E-state index contributed by atoms with van der Waals surface area (Å²) in [5.74, 6) is 2.19. The van der Waals surface area contributed by atoms with Crippen LogP contribution in [0, 0.1) is 34.5 Å². The maximum Gasteiger partial charge on any atom is 0.228 e. The van der Waals surface area contributed by atoms with Gasteiger partial charge in [-0.25, -0.2) is 0 Å². The van der Waals surface area contributed by atoms with Crippen LogP contribution in [0.4, 0.5) is 5.69 Å². The van der Waals surface area contributed by atoms with Gasteiger partial charge < -0.3 is 10.6 Å². The van der Waals surface area contributed by atoms with Crippen molar-refractivity contribution in [2.75, 3.05) is 11.9 Å². The van der Waals surface area contributed by atoms with E-state index in [0.717, 1.165) is 53.3 Å². The number of carbonyl (C=O) groups is 2. The zero-order valence-electron chi connectivity index (χ0n) is 18.1. The SMILES string of the molecule is C[C@]12CCC3C(CNC4=CC(=O)CC[C@@]43C)C1CCC2C(=O)Nc1cc(Br)ccc1Br. The van der Waals surface area contributed by atoms with Crippen molar-refractivity contribution >= 4 is 49.2 Å². The minimum atomic E-state index is 0.0352. The Balaban J connectivity index is 1.38. The summed E-state index contributed by atoms with van der Waals surface area (Å²) in [5.41, 5.74) is 2.11. The van der Waals surface area contributed by atoms with Gasteiger partial charge in [0.1, 0.15) is 0 Å². The molecule has 166 valence electrons. The number of halogens is 2. The number of piperidine rings is 1. The van der Waals surface area contributed by atoms with Gasteiger partial charge in [0.05, 0.1) is 5.69 Å². The van der Waals surface area contributed by atoms with Crippen LogP contribution >= 0.6 is 31.9 Å². The first-order chi connectivity index (χ1) is 14.7. The summed E-state index contributed by atoms with van der Waals surface area (Å²) in [7, 11) is 0. The first kappa shape index (κ1) is 21.7. The Labute approximate surface area is 201 Å². The molecule has 3 fully saturated rings. The Morgan fingerprint density at radius 3 is 2.74 bits per heavy atom. The lowest BCUT2D eigenvalue weighted by Crippen LogP contribution is -2.57. The summed E-state index contributed by atoms with van der Waals surface area (Å²) in [6.07, 6.45) is 7.80. The number of allylic oxidation sites excluding steroid dienone is 2. The Kier molecular flexibility index (Phi) is 5.40. The molecule has 1 saturated heterocycles. The van der Waals surface area contributed by atoms with Gasteiger partial charge in [-0.15, -0.1) is 0 Å². The van der Waals surface area contributed by atoms with Crippen LogP contribution in [0.15, 0.2) is 38.9 Å². The number of carbonyl (C=O) groups excluding carboxylic acids is 2. The number of ketones is 1.